The van der Waals surface area contributed by atoms with Crippen molar-refractivity contribution in [3.05, 3.63) is 72.7 Å². The Balaban J connectivity index is 1.37. The first-order valence-electron chi connectivity index (χ1n) is 9.79. The summed E-state index contributed by atoms with van der Waals surface area (Å²) < 4.78 is 1.80. The number of benzene rings is 2. The molecular weight excluding hydrogens is 380 g/mol. The second-order valence-electron chi connectivity index (χ2n) is 7.12. The minimum absolute atomic E-state index is 0.00997. The molecule has 1 amide bonds. The van der Waals surface area contributed by atoms with E-state index in [4.69, 9.17) is 0 Å². The maximum absolute atomic E-state index is 12.7. The highest BCUT2D eigenvalue weighted by molar-refractivity contribution is 5.97. The van der Waals surface area contributed by atoms with Crippen LogP contribution >= 0.6 is 0 Å². The molecule has 0 saturated carbocycles. The lowest BCUT2D eigenvalue weighted by Crippen LogP contribution is -2.49. The van der Waals surface area contributed by atoms with Gasteiger partial charge in [-0.15, -0.1) is 0 Å². The lowest BCUT2D eigenvalue weighted by molar-refractivity contribution is 0.0743. The Bertz CT molecular complexity index is 1200. The van der Waals surface area contributed by atoms with Gasteiger partial charge in [-0.1, -0.05) is 30.3 Å². The average molecular weight is 400 g/mol. The second-order valence-corrected chi connectivity index (χ2v) is 7.12. The highest BCUT2D eigenvalue weighted by Crippen LogP contribution is 2.26. The summed E-state index contributed by atoms with van der Waals surface area (Å²) in [6.07, 6.45) is 3.34. The summed E-state index contributed by atoms with van der Waals surface area (Å²) in [5.74, 6) is 0.671. The molecule has 4 aromatic rings. The lowest BCUT2D eigenvalue weighted by atomic mass is 10.1. The zero-order chi connectivity index (χ0) is 20.5. The maximum atomic E-state index is 12.7. The molecule has 5 rings (SSSR count). The standard InChI is InChI=1S/C22H20N6O2/c29-19-9-5-4-8-17(19)22(30)27-12-10-26(11-13-27)20-18-14-25-28(21(18)24-15-23-20)16-6-2-1-3-7-16/h1-9,14-15,29H,10-13H2. The first kappa shape index (κ1) is 18.1. The monoisotopic (exact) mass is 400 g/mol. The third-order valence-corrected chi connectivity index (χ3v) is 5.35. The van der Waals surface area contributed by atoms with Crippen LogP contribution < -0.4 is 4.90 Å². The molecule has 0 aliphatic carbocycles. The number of hydrogen-bond donors (Lipinski definition) is 1. The average Bonchev–Trinajstić information content (AvgIpc) is 3.24. The van der Waals surface area contributed by atoms with Gasteiger partial charge in [0.25, 0.3) is 5.91 Å². The summed E-state index contributed by atoms with van der Waals surface area (Å²) in [5, 5.41) is 15.4. The van der Waals surface area contributed by atoms with Crippen molar-refractivity contribution in [2.45, 2.75) is 0 Å². The SMILES string of the molecule is O=C(c1ccccc1O)N1CCN(c2ncnc3c2cnn3-c2ccccc2)CC1. The maximum Gasteiger partial charge on any atom is 0.257 e. The first-order valence-corrected chi connectivity index (χ1v) is 9.79. The molecule has 8 heteroatoms. The number of anilines is 1. The number of amides is 1. The highest BCUT2D eigenvalue weighted by Gasteiger charge is 2.26. The summed E-state index contributed by atoms with van der Waals surface area (Å²) in [5.41, 5.74) is 2.02. The molecule has 2 aromatic heterocycles. The summed E-state index contributed by atoms with van der Waals surface area (Å²) >= 11 is 0. The highest BCUT2D eigenvalue weighted by atomic mass is 16.3. The van der Waals surface area contributed by atoms with Crippen LogP contribution in [-0.2, 0) is 0 Å². The van der Waals surface area contributed by atoms with Crippen molar-refractivity contribution in [2.75, 3.05) is 31.1 Å². The zero-order valence-electron chi connectivity index (χ0n) is 16.2. The van der Waals surface area contributed by atoms with Crippen molar-refractivity contribution < 1.29 is 9.90 Å². The molecule has 1 aliphatic heterocycles. The number of phenolic OH excluding ortho intramolecular Hbond substituents is 1. The molecule has 3 heterocycles. The minimum atomic E-state index is -0.155. The molecule has 1 N–H and O–H groups in total. The normalized spacial score (nSPS) is 14.3. The van der Waals surface area contributed by atoms with Crippen molar-refractivity contribution in [3.63, 3.8) is 0 Å². The van der Waals surface area contributed by atoms with E-state index in [1.807, 2.05) is 30.3 Å². The van der Waals surface area contributed by atoms with E-state index in [9.17, 15) is 9.90 Å². The van der Waals surface area contributed by atoms with Crippen LogP contribution in [0.5, 0.6) is 5.75 Å². The molecule has 1 saturated heterocycles. The second kappa shape index (κ2) is 7.47. The van der Waals surface area contributed by atoms with Gasteiger partial charge in [-0.2, -0.15) is 5.10 Å². The number of para-hydroxylation sites is 2. The number of hydrogen-bond acceptors (Lipinski definition) is 6. The van der Waals surface area contributed by atoms with Crippen LogP contribution in [0, 0.1) is 0 Å². The molecule has 30 heavy (non-hydrogen) atoms. The predicted octanol–water partition coefficient (Wildman–Crippen LogP) is 2.48. The van der Waals surface area contributed by atoms with E-state index >= 15 is 0 Å². The Kier molecular flexibility index (Phi) is 4.51. The Morgan fingerprint density at radius 1 is 0.900 bits per heavy atom. The van der Waals surface area contributed by atoms with Gasteiger partial charge in [0.1, 0.15) is 17.9 Å². The largest absolute Gasteiger partial charge is 0.507 e. The van der Waals surface area contributed by atoms with Gasteiger partial charge in [0.15, 0.2) is 5.65 Å². The number of piperazine rings is 1. The van der Waals surface area contributed by atoms with Gasteiger partial charge in [0, 0.05) is 26.2 Å². The van der Waals surface area contributed by atoms with Gasteiger partial charge >= 0.3 is 0 Å². The molecule has 0 spiro atoms. The molecule has 8 nitrogen and oxygen atoms in total. The molecule has 150 valence electrons. The molecule has 0 atom stereocenters. The Morgan fingerprint density at radius 2 is 1.63 bits per heavy atom. The van der Waals surface area contributed by atoms with Crippen LogP contribution in [0.4, 0.5) is 5.82 Å². The van der Waals surface area contributed by atoms with Crippen LogP contribution in [0.25, 0.3) is 16.7 Å². The fourth-order valence-electron chi connectivity index (χ4n) is 3.79. The molecule has 2 aromatic carbocycles. The van der Waals surface area contributed by atoms with Gasteiger partial charge in [0.05, 0.1) is 22.8 Å². The van der Waals surface area contributed by atoms with Gasteiger partial charge < -0.3 is 14.9 Å². The van der Waals surface area contributed by atoms with Crippen LogP contribution in [-0.4, -0.2) is 61.8 Å². The van der Waals surface area contributed by atoms with Crippen LogP contribution in [0.1, 0.15) is 10.4 Å². The van der Waals surface area contributed by atoms with Crippen molar-refractivity contribution in [3.8, 4) is 11.4 Å². The summed E-state index contributed by atoms with van der Waals surface area (Å²) in [7, 11) is 0. The van der Waals surface area contributed by atoms with E-state index in [1.54, 1.807) is 40.3 Å². The summed E-state index contributed by atoms with van der Waals surface area (Å²) in [4.78, 5) is 25.6. The topological polar surface area (TPSA) is 87.4 Å². The van der Waals surface area contributed by atoms with E-state index in [0.29, 0.717) is 31.7 Å². The van der Waals surface area contributed by atoms with Crippen molar-refractivity contribution >= 4 is 22.8 Å². The number of aromatic nitrogens is 4. The minimum Gasteiger partial charge on any atom is -0.507 e. The third-order valence-electron chi connectivity index (χ3n) is 5.35. The van der Waals surface area contributed by atoms with E-state index in [2.05, 4.69) is 20.0 Å². The summed E-state index contributed by atoms with van der Waals surface area (Å²) in [6.45, 7) is 2.38. The van der Waals surface area contributed by atoms with Crippen molar-refractivity contribution in [1.82, 2.24) is 24.6 Å². The van der Waals surface area contributed by atoms with Gasteiger partial charge in [-0.25, -0.2) is 14.6 Å². The Labute approximate surface area is 173 Å². The first-order chi connectivity index (χ1) is 14.7. The summed E-state index contributed by atoms with van der Waals surface area (Å²) in [6, 6.07) is 16.5. The number of carbonyl (C=O) groups excluding carboxylic acids is 1. The van der Waals surface area contributed by atoms with E-state index in [-0.39, 0.29) is 11.7 Å². The van der Waals surface area contributed by atoms with E-state index < -0.39 is 0 Å². The van der Waals surface area contributed by atoms with E-state index in [1.165, 1.54) is 6.07 Å². The smallest absolute Gasteiger partial charge is 0.257 e. The fourth-order valence-corrected chi connectivity index (χ4v) is 3.79. The Morgan fingerprint density at radius 3 is 2.40 bits per heavy atom. The van der Waals surface area contributed by atoms with E-state index in [0.717, 1.165) is 22.5 Å². The quantitative estimate of drug-likeness (QED) is 0.569. The van der Waals surface area contributed by atoms with Crippen molar-refractivity contribution in [2.24, 2.45) is 0 Å². The lowest BCUT2D eigenvalue weighted by Gasteiger charge is -2.35. The zero-order valence-corrected chi connectivity index (χ0v) is 16.2. The number of nitrogens with zero attached hydrogens (tertiary/aromatic N) is 6. The number of fused-ring (bicyclic) bond motifs is 1. The van der Waals surface area contributed by atoms with Gasteiger partial charge in [-0.3, -0.25) is 4.79 Å². The van der Waals surface area contributed by atoms with Crippen LogP contribution in [0.2, 0.25) is 0 Å². The predicted molar refractivity (Wildman–Crippen MR) is 113 cm³/mol. The van der Waals surface area contributed by atoms with Crippen molar-refractivity contribution in [1.29, 1.82) is 0 Å². The number of aromatic hydroxyl groups is 1. The number of phenols is 1. The molecule has 1 aliphatic rings. The Hall–Kier alpha value is -3.94. The third kappa shape index (κ3) is 3.12. The van der Waals surface area contributed by atoms with Crippen LogP contribution in [0.15, 0.2) is 67.1 Å². The van der Waals surface area contributed by atoms with Gasteiger partial charge in [0.2, 0.25) is 0 Å². The molecule has 0 bridgehead atoms. The molecule has 1 fully saturated rings. The number of carbonyl (C=O) groups is 1. The molecular formula is C22H20N6O2. The molecule has 0 radical (unpaired) electrons. The number of rotatable bonds is 3. The van der Waals surface area contributed by atoms with Crippen LogP contribution in [0.3, 0.4) is 0 Å². The van der Waals surface area contributed by atoms with Gasteiger partial charge in [-0.05, 0) is 24.3 Å². The molecule has 0 unspecified atom stereocenters. The fraction of sp³-hybridized carbons (Fsp3) is 0.182.